The first-order valence-corrected chi connectivity index (χ1v) is 30.6. The number of ether oxygens (including phenoxy) is 1. The van der Waals surface area contributed by atoms with Crippen LogP contribution in [0.2, 0.25) is 25.1 Å². The van der Waals surface area contributed by atoms with Crippen LogP contribution in [-0.2, 0) is 83.2 Å². The summed E-state index contributed by atoms with van der Waals surface area (Å²) in [6.07, 6.45) is -2.76. The molecule has 1 amide bonds. The van der Waals surface area contributed by atoms with E-state index in [1.807, 2.05) is 39.0 Å². The van der Waals surface area contributed by atoms with E-state index in [1.165, 1.54) is 35.2 Å². The van der Waals surface area contributed by atoms with Crippen molar-refractivity contribution in [2.24, 2.45) is 0 Å². The first-order chi connectivity index (χ1) is 42.8. The highest BCUT2D eigenvalue weighted by Crippen LogP contribution is 2.34. The number of nitrogens with one attached hydrogen (secondary N) is 1. The van der Waals surface area contributed by atoms with Gasteiger partial charge in [-0.3, -0.25) is 24.0 Å². The zero-order valence-corrected chi connectivity index (χ0v) is 56.5. The van der Waals surface area contributed by atoms with Crippen LogP contribution in [0.3, 0.4) is 0 Å². The number of rotatable bonds is 14. The smallest absolute Gasteiger partial charge is 0.310 e. The monoisotopic (exact) mass is 1440 g/mol. The second-order valence-electron chi connectivity index (χ2n) is 21.3. The Hall–Kier alpha value is -7.03. The Balaban J connectivity index is 0.000000442. The van der Waals surface area contributed by atoms with Gasteiger partial charge in [0.2, 0.25) is 5.91 Å². The molecule has 0 spiro atoms. The normalized spacial score (nSPS) is 14.9. The molecule has 2 fully saturated rings. The Morgan fingerprint density at radius 2 is 0.989 bits per heavy atom. The maximum Gasteiger partial charge on any atom is 0.310 e. The molecule has 0 bridgehead atoms. The minimum atomic E-state index is -1.35. The molecular formula is C68H63Cl6F4N5O7S3. The summed E-state index contributed by atoms with van der Waals surface area (Å²) in [4.78, 5) is 61.4. The lowest BCUT2D eigenvalue weighted by molar-refractivity contribution is -0.154. The second kappa shape index (κ2) is 39.6. The molecule has 2 aliphatic heterocycles. The quantitative estimate of drug-likeness (QED) is 0.0770. The third-order valence-electron chi connectivity index (χ3n) is 13.6. The van der Waals surface area contributed by atoms with Gasteiger partial charge in [0.1, 0.15) is 47.8 Å². The molecule has 7 aromatic carbocycles. The number of aliphatic carboxylic acids is 1. The van der Waals surface area contributed by atoms with Crippen LogP contribution in [0.15, 0.2) is 140 Å². The molecule has 12 nitrogen and oxygen atoms in total. The number of halogens is 10. The zero-order chi connectivity index (χ0) is 66.4. The fourth-order valence-electron chi connectivity index (χ4n) is 9.43. The first-order valence-electron chi connectivity index (χ1n) is 27.4. The fraction of sp³-hybridized carbons (Fsp3) is 0.265. The number of hydrogen-bond donors (Lipinski definition) is 2. The van der Waals surface area contributed by atoms with Gasteiger partial charge in [-0.25, -0.2) is 17.6 Å². The fourth-order valence-corrected chi connectivity index (χ4v) is 10.4. The topological polar surface area (TPSA) is 201 Å². The molecule has 2 aliphatic rings. The van der Waals surface area contributed by atoms with E-state index >= 15 is 4.39 Å². The molecule has 0 aromatic heterocycles. The number of nitriles is 3. The minimum Gasteiger partial charge on any atom is -0.481 e. The summed E-state index contributed by atoms with van der Waals surface area (Å²) >= 11 is 37.1. The number of carboxylic acid groups (broad SMARTS) is 1. The molecule has 0 unspecified atom stereocenters. The maximum atomic E-state index is 15.3. The molecule has 9 rings (SSSR count). The van der Waals surface area contributed by atoms with Gasteiger partial charge in [0.15, 0.2) is 11.6 Å². The summed E-state index contributed by atoms with van der Waals surface area (Å²) in [5.41, 5.74) is 4.40. The number of Topliss-reactive ketones (excluding diaryl/α,β-unsaturated/α-hetero) is 2. The highest BCUT2D eigenvalue weighted by molar-refractivity contribution is 8.07. The first kappa shape index (κ1) is 82.1. The molecule has 7 aromatic rings. The number of likely N-dealkylation sites (tertiary alicyclic amines) is 1. The SMILES string of the molecule is C.CC(C)(C)OC(=O)Cc1ccc(Cl)c(C#N)c1.Cl.N#Cc1cc(CC(=O)N2C[C@H](F)C[C@H]2C(=O)Cc2cccc(-c3ccccc3Cl)c2F)ccc1Cl.N#Cc1cc(CC(=O)O)ccc1Cl.O=C(Cc1cccc(-c2ccccc2Cl)c1F)[C@@H]1C[C@@H](F)CN1.S.S=S. The van der Waals surface area contributed by atoms with E-state index < -0.39 is 59.3 Å². The molecule has 2 heterocycles. The molecule has 93 heavy (non-hydrogen) atoms. The molecule has 0 aliphatic carbocycles. The third kappa shape index (κ3) is 24.7. The van der Waals surface area contributed by atoms with Crippen LogP contribution < -0.4 is 5.32 Å². The standard InChI is InChI=1S/C27H20Cl2F2N2O2.C18H16ClF2NO.C13H14ClNO2.C9H6ClNO2.CH4.ClH.S2.H2S/c28-22-9-8-16(10-18(22)14-32)11-26(35)33-15-19(30)13-24(33)25(34)12-17-4-3-6-21(27(17)31)20-5-1-2-7-23(20)29;19-15-7-2-1-5-13(15)14-6-3-4-11(18(14)21)8-17(23)16-9-12(20)10-22-16;1-13(2,3)17-12(16)7-9-4-5-11(14)10(6-9)8-15;10-8-2-1-6(4-9(12)13)3-7(8)5-11;;;1-2;/h1-10,19,24H,11-13,15H2;1-7,12,16,22H,8-10H2;4-6H,7H2,1-3H3;1-3H,4H2,(H,12,13);1H4;1H;;1H2/t19-,24+;12-,16+;;;;;;/m11....../s1. The Morgan fingerprint density at radius 1 is 0.581 bits per heavy atom. The maximum absolute atomic E-state index is 15.3. The number of nitrogens with zero attached hydrogens (tertiary/aromatic N) is 4. The largest absolute Gasteiger partial charge is 0.481 e. The molecule has 4 atom stereocenters. The molecule has 2 saturated heterocycles. The average molecular weight is 1450 g/mol. The van der Waals surface area contributed by atoms with Crippen molar-refractivity contribution in [3.05, 3.63) is 221 Å². The summed E-state index contributed by atoms with van der Waals surface area (Å²) in [6.45, 7) is 5.41. The van der Waals surface area contributed by atoms with Crippen molar-refractivity contribution in [1.29, 1.82) is 15.8 Å². The van der Waals surface area contributed by atoms with Crippen LogP contribution in [0, 0.1) is 45.6 Å². The van der Waals surface area contributed by atoms with Crippen molar-refractivity contribution in [2.45, 2.75) is 103 Å². The Labute approximate surface area is 586 Å². The van der Waals surface area contributed by atoms with E-state index in [9.17, 15) is 37.1 Å². The molecule has 25 heteroatoms. The van der Waals surface area contributed by atoms with Crippen LogP contribution in [0.4, 0.5) is 17.6 Å². The zero-order valence-electron chi connectivity index (χ0n) is 49.3. The lowest BCUT2D eigenvalue weighted by Crippen LogP contribution is -2.42. The highest BCUT2D eigenvalue weighted by Gasteiger charge is 2.40. The van der Waals surface area contributed by atoms with Gasteiger partial charge < -0.3 is 20.1 Å². The summed E-state index contributed by atoms with van der Waals surface area (Å²) in [5, 5.41) is 39.7. The van der Waals surface area contributed by atoms with Crippen molar-refractivity contribution in [3.63, 3.8) is 0 Å². The Morgan fingerprint density at radius 3 is 1.39 bits per heavy atom. The van der Waals surface area contributed by atoms with Crippen molar-refractivity contribution in [3.8, 4) is 40.5 Å². The minimum absolute atomic E-state index is 0. The lowest BCUT2D eigenvalue weighted by Gasteiger charge is -2.24. The van der Waals surface area contributed by atoms with E-state index in [4.69, 9.17) is 83.6 Å². The van der Waals surface area contributed by atoms with Gasteiger partial charge >= 0.3 is 11.9 Å². The van der Waals surface area contributed by atoms with Crippen LogP contribution in [0.1, 0.15) is 85.5 Å². The van der Waals surface area contributed by atoms with E-state index in [0.717, 1.165) is 5.56 Å². The number of esters is 1. The number of alkyl halides is 2. The molecule has 0 saturated carbocycles. The number of ketones is 2. The van der Waals surface area contributed by atoms with Crippen LogP contribution >= 0.6 is 83.9 Å². The van der Waals surface area contributed by atoms with Gasteiger partial charge in [0, 0.05) is 86.9 Å². The van der Waals surface area contributed by atoms with Crippen molar-refractivity contribution >= 4 is 136 Å². The summed E-state index contributed by atoms with van der Waals surface area (Å²) in [5.74, 6) is -3.35. The number of carbonyl (C=O) groups is 5. The number of hydrogen-bond acceptors (Lipinski definition) is 12. The lowest BCUT2D eigenvalue weighted by atomic mass is 9.96. The third-order valence-corrected chi connectivity index (χ3v) is 15.2. The second-order valence-corrected chi connectivity index (χ2v) is 23.3. The van der Waals surface area contributed by atoms with Crippen LogP contribution in [-0.4, -0.2) is 82.5 Å². The predicted molar refractivity (Wildman–Crippen MR) is 370 cm³/mol. The number of benzene rings is 7. The summed E-state index contributed by atoms with van der Waals surface area (Å²) < 4.78 is 62.7. The highest BCUT2D eigenvalue weighted by atomic mass is 35.5. The van der Waals surface area contributed by atoms with E-state index in [0.29, 0.717) is 64.6 Å². The van der Waals surface area contributed by atoms with Gasteiger partial charge in [0.25, 0.3) is 0 Å². The van der Waals surface area contributed by atoms with Crippen LogP contribution in [0.5, 0.6) is 0 Å². The van der Waals surface area contributed by atoms with E-state index in [1.54, 1.807) is 109 Å². The van der Waals surface area contributed by atoms with Crippen molar-refractivity contribution < 1.29 is 51.4 Å². The summed E-state index contributed by atoms with van der Waals surface area (Å²) in [6, 6.07) is 41.8. The van der Waals surface area contributed by atoms with Gasteiger partial charge in [0.05, 0.1) is 69.6 Å². The van der Waals surface area contributed by atoms with Gasteiger partial charge in [-0.1, -0.05) is 156 Å². The average Bonchev–Trinajstić information content (AvgIpc) is 1.84. The number of amides is 1. The van der Waals surface area contributed by atoms with Gasteiger partial charge in [-0.2, -0.15) is 29.3 Å². The van der Waals surface area contributed by atoms with Crippen LogP contribution in [0.25, 0.3) is 22.3 Å². The molecular weight excluding hydrogens is 1380 g/mol. The van der Waals surface area contributed by atoms with Gasteiger partial charge in [-0.05, 0) is 97.1 Å². The number of carbonyl (C=O) groups excluding carboxylic acids is 4. The Kier molecular flexibility index (Phi) is 35.0. The van der Waals surface area contributed by atoms with E-state index in [-0.39, 0.29) is 125 Å². The molecule has 0 radical (unpaired) electrons. The molecule has 2 N–H and O–H groups in total. The predicted octanol–water partition coefficient (Wildman–Crippen LogP) is 16.0. The summed E-state index contributed by atoms with van der Waals surface area (Å²) in [7, 11) is 0. The van der Waals surface area contributed by atoms with Crippen molar-refractivity contribution in [2.75, 3.05) is 13.1 Å². The Bertz CT molecular complexity index is 3900. The van der Waals surface area contributed by atoms with E-state index in [2.05, 4.69) is 27.7 Å². The van der Waals surface area contributed by atoms with Gasteiger partial charge in [-0.15, -0.1) is 12.4 Å². The number of carboxylic acids is 1. The van der Waals surface area contributed by atoms with Crippen molar-refractivity contribution in [1.82, 2.24) is 10.2 Å². The molecule has 490 valence electrons.